The Labute approximate surface area is 158 Å². The molecular formula is C20H22FNO4S. The second-order valence-electron chi connectivity index (χ2n) is 6.62. The summed E-state index contributed by atoms with van der Waals surface area (Å²) in [5.41, 5.74) is 0.781. The molecule has 2 aromatic rings. The Morgan fingerprint density at radius 3 is 2.30 bits per heavy atom. The van der Waals surface area contributed by atoms with Crippen LogP contribution in [0.5, 0.6) is 5.75 Å². The number of hydrogen-bond acceptors (Lipinski definition) is 4. The van der Waals surface area contributed by atoms with Gasteiger partial charge in [0.05, 0.1) is 11.0 Å². The minimum Gasteiger partial charge on any atom is -0.484 e. The predicted octanol–water partition coefficient (Wildman–Crippen LogP) is 2.81. The second-order valence-corrected chi connectivity index (χ2v) is 8.90. The predicted molar refractivity (Wildman–Crippen MR) is 101 cm³/mol. The zero-order chi connectivity index (χ0) is 19.3. The summed E-state index contributed by atoms with van der Waals surface area (Å²) in [5, 5.41) is -0.431. The number of piperidine rings is 1. The Kier molecular flexibility index (Phi) is 6.11. The summed E-state index contributed by atoms with van der Waals surface area (Å²) in [7, 11) is -3.25. The molecule has 0 spiro atoms. The van der Waals surface area contributed by atoms with Crippen molar-refractivity contribution >= 4 is 15.7 Å². The van der Waals surface area contributed by atoms with Crippen molar-refractivity contribution in [2.24, 2.45) is 0 Å². The second kappa shape index (κ2) is 8.52. The molecule has 0 aromatic heterocycles. The summed E-state index contributed by atoms with van der Waals surface area (Å²) in [6.07, 6.45) is 0.856. The molecule has 1 amide bonds. The molecule has 0 radical (unpaired) electrons. The lowest BCUT2D eigenvalue weighted by molar-refractivity contribution is -0.134. The van der Waals surface area contributed by atoms with E-state index in [1.54, 1.807) is 4.90 Å². The van der Waals surface area contributed by atoms with E-state index in [0.29, 0.717) is 31.7 Å². The van der Waals surface area contributed by atoms with Gasteiger partial charge in [-0.2, -0.15) is 0 Å². The van der Waals surface area contributed by atoms with E-state index in [9.17, 15) is 17.6 Å². The first-order valence-corrected chi connectivity index (χ1v) is 10.6. The van der Waals surface area contributed by atoms with Crippen molar-refractivity contribution in [2.45, 2.75) is 23.8 Å². The van der Waals surface area contributed by atoms with Gasteiger partial charge in [0, 0.05) is 13.1 Å². The maximum atomic E-state index is 12.9. The Hall–Kier alpha value is -2.41. The van der Waals surface area contributed by atoms with Gasteiger partial charge in [0.1, 0.15) is 11.6 Å². The molecule has 0 atom stereocenters. The topological polar surface area (TPSA) is 63.7 Å². The number of likely N-dealkylation sites (tertiary alicyclic amines) is 1. The highest BCUT2D eigenvalue weighted by Crippen LogP contribution is 2.22. The third-order valence-electron chi connectivity index (χ3n) is 4.69. The quantitative estimate of drug-likeness (QED) is 0.760. The monoisotopic (exact) mass is 391 g/mol. The van der Waals surface area contributed by atoms with Crippen molar-refractivity contribution in [3.63, 3.8) is 0 Å². The largest absolute Gasteiger partial charge is 0.484 e. The summed E-state index contributed by atoms with van der Waals surface area (Å²) in [4.78, 5) is 13.9. The van der Waals surface area contributed by atoms with Crippen LogP contribution in [-0.2, 0) is 20.4 Å². The number of benzene rings is 2. The van der Waals surface area contributed by atoms with Gasteiger partial charge in [-0.25, -0.2) is 12.8 Å². The van der Waals surface area contributed by atoms with Crippen molar-refractivity contribution in [1.29, 1.82) is 0 Å². The van der Waals surface area contributed by atoms with Crippen LogP contribution < -0.4 is 4.74 Å². The lowest BCUT2D eigenvalue weighted by Crippen LogP contribution is -2.44. The Morgan fingerprint density at radius 2 is 1.67 bits per heavy atom. The van der Waals surface area contributed by atoms with Crippen LogP contribution in [0.25, 0.3) is 0 Å². The fraction of sp³-hybridized carbons (Fsp3) is 0.350. The average molecular weight is 391 g/mol. The number of hydrogen-bond donors (Lipinski definition) is 0. The lowest BCUT2D eigenvalue weighted by atomic mass is 10.1. The fourth-order valence-electron chi connectivity index (χ4n) is 3.16. The van der Waals surface area contributed by atoms with Gasteiger partial charge < -0.3 is 9.64 Å². The summed E-state index contributed by atoms with van der Waals surface area (Å²) < 4.78 is 43.5. The van der Waals surface area contributed by atoms with Gasteiger partial charge in [0.2, 0.25) is 0 Å². The number of carbonyl (C=O) groups excluding carboxylic acids is 1. The lowest BCUT2D eigenvalue weighted by Gasteiger charge is -2.31. The summed E-state index contributed by atoms with van der Waals surface area (Å²) in [6, 6.07) is 14.6. The number of carbonyl (C=O) groups is 1. The zero-order valence-corrected chi connectivity index (χ0v) is 15.7. The van der Waals surface area contributed by atoms with Gasteiger partial charge in [-0.05, 0) is 42.7 Å². The molecule has 0 unspecified atom stereocenters. The maximum Gasteiger partial charge on any atom is 0.260 e. The van der Waals surface area contributed by atoms with E-state index < -0.39 is 15.1 Å². The number of nitrogens with zero attached hydrogens (tertiary/aromatic N) is 1. The Bertz CT molecular complexity index is 861. The minimum atomic E-state index is -3.25. The Balaban J connectivity index is 1.49. The van der Waals surface area contributed by atoms with E-state index in [0.717, 1.165) is 5.56 Å². The van der Waals surface area contributed by atoms with Crippen molar-refractivity contribution in [2.75, 3.05) is 19.7 Å². The van der Waals surface area contributed by atoms with Crippen LogP contribution >= 0.6 is 0 Å². The van der Waals surface area contributed by atoms with Crippen molar-refractivity contribution in [3.05, 3.63) is 66.0 Å². The van der Waals surface area contributed by atoms with Gasteiger partial charge in [-0.1, -0.05) is 30.3 Å². The molecule has 5 nitrogen and oxygen atoms in total. The number of amides is 1. The third kappa shape index (κ3) is 5.29. The highest BCUT2D eigenvalue weighted by atomic mass is 32.2. The van der Waals surface area contributed by atoms with E-state index in [1.807, 2.05) is 30.3 Å². The van der Waals surface area contributed by atoms with Crippen LogP contribution in [0.3, 0.4) is 0 Å². The molecule has 0 aliphatic carbocycles. The molecule has 1 saturated heterocycles. The molecule has 0 saturated carbocycles. The number of sulfone groups is 1. The molecule has 7 heteroatoms. The highest BCUT2D eigenvalue weighted by Gasteiger charge is 2.31. The van der Waals surface area contributed by atoms with Crippen LogP contribution in [-0.4, -0.2) is 44.2 Å². The van der Waals surface area contributed by atoms with E-state index in [-0.39, 0.29) is 24.1 Å². The molecule has 1 aliphatic rings. The standard InChI is InChI=1S/C20H22FNO4S/c21-17-6-8-18(9-7-17)26-14-20(23)22-12-10-19(11-13-22)27(24,25)15-16-4-2-1-3-5-16/h1-9,19H,10-15H2. The van der Waals surface area contributed by atoms with Crippen LogP contribution in [0.1, 0.15) is 18.4 Å². The van der Waals surface area contributed by atoms with Gasteiger partial charge in [-0.15, -0.1) is 0 Å². The fourth-order valence-corrected chi connectivity index (χ4v) is 4.98. The van der Waals surface area contributed by atoms with Crippen molar-refractivity contribution in [1.82, 2.24) is 4.90 Å². The number of ether oxygens (including phenoxy) is 1. The number of rotatable bonds is 6. The number of halogens is 1. The SMILES string of the molecule is O=C(COc1ccc(F)cc1)N1CCC(S(=O)(=O)Cc2ccccc2)CC1. The maximum absolute atomic E-state index is 12.9. The summed E-state index contributed by atoms with van der Waals surface area (Å²) >= 11 is 0. The third-order valence-corrected chi connectivity index (χ3v) is 6.91. The minimum absolute atomic E-state index is 0.0279. The van der Waals surface area contributed by atoms with Crippen molar-refractivity contribution in [3.8, 4) is 5.75 Å². The normalized spacial score (nSPS) is 15.5. The molecule has 144 valence electrons. The molecule has 27 heavy (non-hydrogen) atoms. The van der Waals surface area contributed by atoms with E-state index in [1.165, 1.54) is 24.3 Å². The van der Waals surface area contributed by atoms with Gasteiger partial charge in [0.25, 0.3) is 5.91 Å². The van der Waals surface area contributed by atoms with Crippen LogP contribution in [0.4, 0.5) is 4.39 Å². The first kappa shape index (κ1) is 19.4. The highest BCUT2D eigenvalue weighted by molar-refractivity contribution is 7.91. The summed E-state index contributed by atoms with van der Waals surface area (Å²) in [6.45, 7) is 0.641. The molecular weight excluding hydrogens is 369 g/mol. The van der Waals surface area contributed by atoms with E-state index in [4.69, 9.17) is 4.74 Å². The van der Waals surface area contributed by atoms with Crippen LogP contribution in [0, 0.1) is 5.82 Å². The Morgan fingerprint density at radius 1 is 1.04 bits per heavy atom. The van der Waals surface area contributed by atoms with E-state index in [2.05, 4.69) is 0 Å². The smallest absolute Gasteiger partial charge is 0.260 e. The molecule has 1 heterocycles. The molecule has 0 bridgehead atoms. The average Bonchev–Trinajstić information content (AvgIpc) is 2.68. The van der Waals surface area contributed by atoms with Gasteiger partial charge in [0.15, 0.2) is 16.4 Å². The van der Waals surface area contributed by atoms with Crippen LogP contribution in [0.2, 0.25) is 0 Å². The molecule has 1 aliphatic heterocycles. The molecule has 3 rings (SSSR count). The first-order valence-electron chi connectivity index (χ1n) is 8.86. The first-order chi connectivity index (χ1) is 12.9. The molecule has 0 N–H and O–H groups in total. The van der Waals surface area contributed by atoms with E-state index >= 15 is 0 Å². The zero-order valence-electron chi connectivity index (χ0n) is 14.9. The van der Waals surface area contributed by atoms with Crippen LogP contribution in [0.15, 0.2) is 54.6 Å². The van der Waals surface area contributed by atoms with Crippen molar-refractivity contribution < 1.29 is 22.3 Å². The summed E-state index contributed by atoms with van der Waals surface area (Å²) in [5.74, 6) is -0.115. The van der Waals surface area contributed by atoms with Gasteiger partial charge >= 0.3 is 0 Å². The molecule has 1 fully saturated rings. The van der Waals surface area contributed by atoms with Gasteiger partial charge in [-0.3, -0.25) is 4.79 Å². The molecule has 2 aromatic carbocycles.